The van der Waals surface area contributed by atoms with Crippen molar-refractivity contribution in [2.24, 2.45) is 0 Å². The third-order valence-electron chi connectivity index (χ3n) is 3.56. The van der Waals surface area contributed by atoms with Crippen molar-refractivity contribution in [2.45, 2.75) is 0 Å². The van der Waals surface area contributed by atoms with E-state index < -0.39 is 0 Å². The minimum absolute atomic E-state index is 0.170. The second-order valence-corrected chi connectivity index (χ2v) is 5.10. The minimum atomic E-state index is 0.170. The number of fused-ring (bicyclic) bond motifs is 1. The quantitative estimate of drug-likeness (QED) is 0.589. The Hall–Kier alpha value is -3.55. The molecule has 0 aliphatic rings. The van der Waals surface area contributed by atoms with Crippen molar-refractivity contribution in [3.05, 3.63) is 42.5 Å². The minimum Gasteiger partial charge on any atom is -0.497 e. The maximum atomic E-state index is 5.62. The van der Waals surface area contributed by atoms with Crippen molar-refractivity contribution in [3.63, 3.8) is 0 Å². The summed E-state index contributed by atoms with van der Waals surface area (Å²) in [7, 11) is 3.18. The Morgan fingerprint density at radius 3 is 2.64 bits per heavy atom. The van der Waals surface area contributed by atoms with Gasteiger partial charge in [-0.15, -0.1) is 5.10 Å². The Kier molecular flexibility index (Phi) is 3.70. The molecule has 0 amide bonds. The first kappa shape index (κ1) is 15.0. The summed E-state index contributed by atoms with van der Waals surface area (Å²) >= 11 is 0. The summed E-state index contributed by atoms with van der Waals surface area (Å²) in [6, 6.07) is 13.2. The standard InChI is InChI=1S/C17H14N4O4/c1-22-11-6-3-5-10(9-11)15-20-21-17(25-15)19-16-18-14-12(23-2)7-4-8-13(14)24-16/h3-9H,1-2H3,(H,18,19,21). The van der Waals surface area contributed by atoms with E-state index >= 15 is 0 Å². The Bertz CT molecular complexity index is 1020. The van der Waals surface area contributed by atoms with Gasteiger partial charge in [0.25, 0.3) is 0 Å². The maximum Gasteiger partial charge on any atom is 0.323 e. The molecule has 25 heavy (non-hydrogen) atoms. The van der Waals surface area contributed by atoms with Crippen LogP contribution in [0.4, 0.5) is 12.0 Å². The van der Waals surface area contributed by atoms with E-state index in [4.69, 9.17) is 18.3 Å². The molecule has 4 aromatic rings. The van der Waals surface area contributed by atoms with E-state index in [-0.39, 0.29) is 12.0 Å². The fraction of sp³-hybridized carbons (Fsp3) is 0.118. The molecule has 0 aliphatic carbocycles. The first-order chi connectivity index (χ1) is 12.3. The predicted molar refractivity (Wildman–Crippen MR) is 90.1 cm³/mol. The van der Waals surface area contributed by atoms with Crippen LogP contribution in [0, 0.1) is 0 Å². The Labute approximate surface area is 142 Å². The molecule has 4 rings (SSSR count). The third kappa shape index (κ3) is 2.85. The lowest BCUT2D eigenvalue weighted by Crippen LogP contribution is -1.90. The number of nitrogens with zero attached hydrogens (tertiary/aromatic N) is 3. The molecule has 0 atom stereocenters. The number of oxazole rings is 1. The molecule has 2 aromatic carbocycles. The van der Waals surface area contributed by atoms with Gasteiger partial charge < -0.3 is 18.3 Å². The number of hydrogen-bond donors (Lipinski definition) is 1. The van der Waals surface area contributed by atoms with Gasteiger partial charge in [-0.05, 0) is 30.3 Å². The van der Waals surface area contributed by atoms with E-state index in [0.29, 0.717) is 28.5 Å². The average molecular weight is 338 g/mol. The van der Waals surface area contributed by atoms with Crippen molar-refractivity contribution in [3.8, 4) is 23.0 Å². The molecule has 0 saturated heterocycles. The SMILES string of the molecule is COc1cccc(-c2nnc(Nc3nc4c(OC)cccc4o3)o2)c1. The van der Waals surface area contributed by atoms with Gasteiger partial charge in [0, 0.05) is 5.56 Å². The number of ether oxygens (including phenoxy) is 2. The van der Waals surface area contributed by atoms with Crippen LogP contribution in [0.5, 0.6) is 11.5 Å². The van der Waals surface area contributed by atoms with Crippen molar-refractivity contribution in [1.29, 1.82) is 0 Å². The van der Waals surface area contributed by atoms with Crippen LogP contribution in [0.15, 0.2) is 51.3 Å². The lowest BCUT2D eigenvalue weighted by molar-refractivity contribution is 0.415. The highest BCUT2D eigenvalue weighted by molar-refractivity contribution is 5.81. The van der Waals surface area contributed by atoms with Crippen molar-refractivity contribution < 1.29 is 18.3 Å². The number of benzene rings is 2. The largest absolute Gasteiger partial charge is 0.497 e. The monoisotopic (exact) mass is 338 g/mol. The number of anilines is 2. The van der Waals surface area contributed by atoms with Gasteiger partial charge in [0.1, 0.15) is 11.5 Å². The van der Waals surface area contributed by atoms with E-state index in [0.717, 1.165) is 5.56 Å². The highest BCUT2D eigenvalue weighted by Gasteiger charge is 2.14. The topological polar surface area (TPSA) is 95.4 Å². The Balaban J connectivity index is 1.61. The Morgan fingerprint density at radius 2 is 1.80 bits per heavy atom. The molecule has 8 nitrogen and oxygen atoms in total. The Morgan fingerprint density at radius 1 is 0.920 bits per heavy atom. The summed E-state index contributed by atoms with van der Waals surface area (Å²) in [6.07, 6.45) is 0. The van der Waals surface area contributed by atoms with Gasteiger partial charge in [-0.3, -0.25) is 5.32 Å². The highest BCUT2D eigenvalue weighted by atomic mass is 16.5. The van der Waals surface area contributed by atoms with Crippen LogP contribution in [-0.4, -0.2) is 29.4 Å². The van der Waals surface area contributed by atoms with Gasteiger partial charge in [-0.1, -0.05) is 17.2 Å². The van der Waals surface area contributed by atoms with Crippen molar-refractivity contribution in [1.82, 2.24) is 15.2 Å². The molecule has 126 valence electrons. The summed E-state index contributed by atoms with van der Waals surface area (Å²) in [5.74, 6) is 1.68. The van der Waals surface area contributed by atoms with Crippen LogP contribution in [0.3, 0.4) is 0 Å². The lowest BCUT2D eigenvalue weighted by Gasteiger charge is -2.00. The summed E-state index contributed by atoms with van der Waals surface area (Å²) in [5, 5.41) is 10.8. The fourth-order valence-electron chi connectivity index (χ4n) is 2.38. The summed E-state index contributed by atoms with van der Waals surface area (Å²) in [4.78, 5) is 4.34. The number of methoxy groups -OCH3 is 2. The zero-order chi connectivity index (χ0) is 17.2. The zero-order valence-electron chi connectivity index (χ0n) is 13.5. The number of nitrogens with one attached hydrogen (secondary N) is 1. The van der Waals surface area contributed by atoms with E-state index in [1.54, 1.807) is 20.3 Å². The lowest BCUT2D eigenvalue weighted by atomic mass is 10.2. The zero-order valence-corrected chi connectivity index (χ0v) is 13.5. The van der Waals surface area contributed by atoms with Crippen LogP contribution in [0.1, 0.15) is 0 Å². The van der Waals surface area contributed by atoms with Crippen molar-refractivity contribution in [2.75, 3.05) is 19.5 Å². The van der Waals surface area contributed by atoms with Crippen LogP contribution in [0.25, 0.3) is 22.6 Å². The van der Waals surface area contributed by atoms with Crippen LogP contribution < -0.4 is 14.8 Å². The van der Waals surface area contributed by atoms with Gasteiger partial charge in [-0.2, -0.15) is 4.98 Å². The molecule has 2 aromatic heterocycles. The number of aromatic nitrogens is 3. The smallest absolute Gasteiger partial charge is 0.323 e. The van der Waals surface area contributed by atoms with Gasteiger partial charge in [-0.25, -0.2) is 0 Å². The molecule has 0 fully saturated rings. The van der Waals surface area contributed by atoms with Gasteiger partial charge in [0.2, 0.25) is 5.89 Å². The molecule has 0 bridgehead atoms. The molecule has 0 unspecified atom stereocenters. The predicted octanol–water partition coefficient (Wildman–Crippen LogP) is 3.64. The molecular formula is C17H14N4O4. The molecule has 0 spiro atoms. The number of hydrogen-bond acceptors (Lipinski definition) is 8. The third-order valence-corrected chi connectivity index (χ3v) is 3.56. The molecule has 8 heteroatoms. The second kappa shape index (κ2) is 6.16. The summed E-state index contributed by atoms with van der Waals surface area (Å²) in [6.45, 7) is 0. The van der Waals surface area contributed by atoms with Gasteiger partial charge in [0.15, 0.2) is 11.1 Å². The highest BCUT2D eigenvalue weighted by Crippen LogP contribution is 2.29. The van der Waals surface area contributed by atoms with E-state index in [2.05, 4.69) is 20.5 Å². The molecule has 2 heterocycles. The second-order valence-electron chi connectivity index (χ2n) is 5.10. The van der Waals surface area contributed by atoms with Crippen molar-refractivity contribution >= 4 is 23.1 Å². The van der Waals surface area contributed by atoms with Gasteiger partial charge in [0.05, 0.1) is 14.2 Å². The molecular weight excluding hydrogens is 324 g/mol. The van der Waals surface area contributed by atoms with Crippen LogP contribution in [0.2, 0.25) is 0 Å². The fourth-order valence-corrected chi connectivity index (χ4v) is 2.38. The normalized spacial score (nSPS) is 10.8. The van der Waals surface area contributed by atoms with E-state index in [9.17, 15) is 0 Å². The first-order valence-corrected chi connectivity index (χ1v) is 7.45. The first-order valence-electron chi connectivity index (χ1n) is 7.45. The molecule has 1 N–H and O–H groups in total. The number of rotatable bonds is 5. The van der Waals surface area contributed by atoms with Crippen LogP contribution >= 0.6 is 0 Å². The van der Waals surface area contributed by atoms with Crippen LogP contribution in [-0.2, 0) is 0 Å². The van der Waals surface area contributed by atoms with E-state index in [1.807, 2.05) is 36.4 Å². The molecule has 0 aliphatic heterocycles. The van der Waals surface area contributed by atoms with E-state index in [1.165, 1.54) is 0 Å². The maximum absolute atomic E-state index is 5.62. The average Bonchev–Trinajstić information content (AvgIpc) is 3.28. The summed E-state index contributed by atoms with van der Waals surface area (Å²) in [5.41, 5.74) is 1.95. The number of para-hydroxylation sites is 1. The van der Waals surface area contributed by atoms with Gasteiger partial charge >= 0.3 is 12.0 Å². The molecule has 0 radical (unpaired) electrons. The summed E-state index contributed by atoms with van der Waals surface area (Å²) < 4.78 is 21.7. The molecule has 0 saturated carbocycles.